The van der Waals surface area contributed by atoms with Gasteiger partial charge in [0.1, 0.15) is 5.52 Å². The fraction of sp³-hybridized carbons (Fsp3) is 0.250. The Morgan fingerprint density at radius 1 is 0.970 bits per heavy atom. The molecule has 0 aliphatic rings. The summed E-state index contributed by atoms with van der Waals surface area (Å²) in [7, 11) is 3.19. The molecule has 0 fully saturated rings. The summed E-state index contributed by atoms with van der Waals surface area (Å²) in [5, 5.41) is 5.91. The predicted molar refractivity (Wildman–Crippen MR) is 124 cm³/mol. The number of para-hydroxylation sites is 2. The van der Waals surface area contributed by atoms with Crippen molar-refractivity contribution in [2.24, 2.45) is 0 Å². The lowest BCUT2D eigenvalue weighted by atomic mass is 10.1. The molecule has 0 spiro atoms. The molecule has 0 aliphatic heterocycles. The molecule has 0 bridgehead atoms. The summed E-state index contributed by atoms with van der Waals surface area (Å²) in [4.78, 5) is 26.0. The highest BCUT2D eigenvalue weighted by molar-refractivity contribution is 5.96. The number of hydrogen-bond donors (Lipinski definition) is 2. The van der Waals surface area contributed by atoms with Crippen LogP contribution in [-0.2, 0) is 6.42 Å². The highest BCUT2D eigenvalue weighted by atomic mass is 16.5. The van der Waals surface area contributed by atoms with Crippen LogP contribution in [0.1, 0.15) is 27.3 Å². The number of nitrogens with one attached hydrogen (secondary N) is 2. The molecule has 33 heavy (non-hydrogen) atoms. The van der Waals surface area contributed by atoms with Crippen LogP contribution in [0.25, 0.3) is 11.1 Å². The van der Waals surface area contributed by atoms with E-state index in [-0.39, 0.29) is 5.91 Å². The van der Waals surface area contributed by atoms with E-state index < -0.39 is 0 Å². The van der Waals surface area contributed by atoms with Crippen LogP contribution in [0, 0.1) is 13.8 Å². The molecule has 0 saturated carbocycles. The van der Waals surface area contributed by atoms with Crippen molar-refractivity contribution < 1.29 is 18.7 Å². The number of amides is 1. The Hall–Kier alpha value is -4.14. The number of benzene rings is 2. The summed E-state index contributed by atoms with van der Waals surface area (Å²) in [5.41, 5.74) is 3.99. The first-order valence-electron chi connectivity index (χ1n) is 10.5. The number of ether oxygens (including phenoxy) is 2. The van der Waals surface area contributed by atoms with Crippen molar-refractivity contribution in [2.75, 3.05) is 26.1 Å². The number of anilines is 2. The lowest BCUT2D eigenvalue weighted by molar-refractivity contribution is 0.0952. The maximum Gasteiger partial charge on any atom is 0.302 e. The quantitative estimate of drug-likeness (QED) is 0.417. The summed E-state index contributed by atoms with van der Waals surface area (Å²) < 4.78 is 16.2. The van der Waals surface area contributed by atoms with Crippen LogP contribution in [0.4, 0.5) is 12.0 Å². The van der Waals surface area contributed by atoms with E-state index in [0.29, 0.717) is 59.0 Å². The Labute approximate surface area is 191 Å². The number of aryl methyl sites for hydroxylation is 2. The lowest BCUT2D eigenvalue weighted by Gasteiger charge is -2.12. The van der Waals surface area contributed by atoms with Gasteiger partial charge in [-0.1, -0.05) is 18.2 Å². The number of nitrogens with zero attached hydrogens (tertiary/aromatic N) is 3. The molecule has 0 aliphatic carbocycles. The summed E-state index contributed by atoms with van der Waals surface area (Å²) in [5.74, 6) is 1.42. The maximum atomic E-state index is 12.8. The van der Waals surface area contributed by atoms with Gasteiger partial charge in [0.15, 0.2) is 17.1 Å². The van der Waals surface area contributed by atoms with E-state index in [9.17, 15) is 4.79 Å². The van der Waals surface area contributed by atoms with Crippen molar-refractivity contribution in [1.82, 2.24) is 20.3 Å². The topological polar surface area (TPSA) is 111 Å². The van der Waals surface area contributed by atoms with Gasteiger partial charge in [0.2, 0.25) is 5.95 Å². The Balaban J connectivity index is 1.41. The van der Waals surface area contributed by atoms with Crippen LogP contribution in [0.5, 0.6) is 11.5 Å². The SMILES string of the molecule is COc1ccc(CCNC(=O)c2c(C)nc(Nc3nc4ccccc4o3)nc2C)cc1OC. The third-order valence-corrected chi connectivity index (χ3v) is 5.16. The zero-order valence-corrected chi connectivity index (χ0v) is 18.9. The molecule has 9 nitrogen and oxygen atoms in total. The molecule has 2 heterocycles. The van der Waals surface area contributed by atoms with E-state index in [0.717, 1.165) is 11.1 Å². The van der Waals surface area contributed by atoms with Crippen LogP contribution in [0.2, 0.25) is 0 Å². The van der Waals surface area contributed by atoms with Crippen molar-refractivity contribution >= 4 is 29.0 Å². The van der Waals surface area contributed by atoms with Crippen molar-refractivity contribution in [3.63, 3.8) is 0 Å². The Bertz CT molecular complexity index is 1250. The van der Waals surface area contributed by atoms with E-state index in [2.05, 4.69) is 25.6 Å². The van der Waals surface area contributed by atoms with Crippen molar-refractivity contribution in [3.05, 3.63) is 65.0 Å². The van der Waals surface area contributed by atoms with Gasteiger partial charge in [-0.05, 0) is 50.1 Å². The Morgan fingerprint density at radius 3 is 2.39 bits per heavy atom. The molecule has 9 heteroatoms. The first kappa shape index (κ1) is 22.1. The van der Waals surface area contributed by atoms with Crippen LogP contribution in [-0.4, -0.2) is 41.6 Å². The standard InChI is InChI=1S/C24H25N5O4/c1-14-21(22(30)25-12-11-16-9-10-19(31-3)20(13-16)32-4)15(2)27-23(26-14)29-24-28-17-7-5-6-8-18(17)33-24/h5-10,13H,11-12H2,1-4H3,(H,25,30)(H,26,27,28,29). The number of rotatable bonds is 8. The van der Waals surface area contributed by atoms with Crippen LogP contribution < -0.4 is 20.1 Å². The first-order chi connectivity index (χ1) is 16.0. The molecule has 2 aromatic carbocycles. The molecule has 0 saturated heterocycles. The molecule has 2 N–H and O–H groups in total. The molecule has 4 aromatic rings. The zero-order valence-electron chi connectivity index (χ0n) is 18.9. The van der Waals surface area contributed by atoms with E-state index in [4.69, 9.17) is 13.9 Å². The van der Waals surface area contributed by atoms with E-state index in [1.54, 1.807) is 28.1 Å². The molecule has 1 amide bonds. The van der Waals surface area contributed by atoms with Gasteiger partial charge in [0.25, 0.3) is 5.91 Å². The first-order valence-corrected chi connectivity index (χ1v) is 10.5. The number of fused-ring (bicyclic) bond motifs is 1. The summed E-state index contributed by atoms with van der Waals surface area (Å²) >= 11 is 0. The molecule has 4 rings (SSSR count). The fourth-order valence-corrected chi connectivity index (χ4v) is 3.57. The van der Waals surface area contributed by atoms with E-state index >= 15 is 0 Å². The molecular weight excluding hydrogens is 422 g/mol. The highest BCUT2D eigenvalue weighted by Gasteiger charge is 2.17. The van der Waals surface area contributed by atoms with Gasteiger partial charge in [-0.3, -0.25) is 10.1 Å². The van der Waals surface area contributed by atoms with Crippen molar-refractivity contribution in [3.8, 4) is 11.5 Å². The van der Waals surface area contributed by atoms with Gasteiger partial charge in [-0.2, -0.15) is 4.98 Å². The van der Waals surface area contributed by atoms with E-state index in [1.807, 2.05) is 42.5 Å². The second-order valence-corrected chi connectivity index (χ2v) is 7.40. The van der Waals surface area contributed by atoms with Gasteiger partial charge in [-0.25, -0.2) is 9.97 Å². The molecule has 0 radical (unpaired) electrons. The van der Waals surface area contributed by atoms with Gasteiger partial charge in [0.05, 0.1) is 31.2 Å². The van der Waals surface area contributed by atoms with Gasteiger partial charge in [0, 0.05) is 6.54 Å². The van der Waals surface area contributed by atoms with Crippen LogP contribution in [0.15, 0.2) is 46.9 Å². The highest BCUT2D eigenvalue weighted by Crippen LogP contribution is 2.27. The minimum absolute atomic E-state index is 0.223. The number of aromatic nitrogens is 3. The number of oxazole rings is 1. The van der Waals surface area contributed by atoms with Gasteiger partial charge >= 0.3 is 6.01 Å². The fourth-order valence-electron chi connectivity index (χ4n) is 3.57. The molecule has 2 aromatic heterocycles. The van der Waals surface area contributed by atoms with Crippen LogP contribution in [0.3, 0.4) is 0 Å². The average molecular weight is 447 g/mol. The monoisotopic (exact) mass is 447 g/mol. The summed E-state index contributed by atoms with van der Waals surface area (Å²) in [6.07, 6.45) is 0.641. The smallest absolute Gasteiger partial charge is 0.302 e. The second kappa shape index (κ2) is 9.56. The van der Waals surface area contributed by atoms with E-state index in [1.165, 1.54) is 0 Å². The number of carbonyl (C=O) groups is 1. The zero-order chi connectivity index (χ0) is 23.4. The third-order valence-electron chi connectivity index (χ3n) is 5.16. The van der Waals surface area contributed by atoms with Crippen molar-refractivity contribution in [2.45, 2.75) is 20.3 Å². The Kier molecular flexibility index (Phi) is 6.39. The summed E-state index contributed by atoms with van der Waals surface area (Å²) in [6.45, 7) is 4.00. The molecule has 170 valence electrons. The molecular formula is C24H25N5O4. The lowest BCUT2D eigenvalue weighted by Crippen LogP contribution is -2.28. The minimum atomic E-state index is -0.223. The summed E-state index contributed by atoms with van der Waals surface area (Å²) in [6, 6.07) is 13.4. The van der Waals surface area contributed by atoms with Gasteiger partial charge in [-0.15, -0.1) is 0 Å². The Morgan fingerprint density at radius 2 is 1.70 bits per heavy atom. The number of carbonyl (C=O) groups excluding carboxylic acids is 1. The number of hydrogen-bond acceptors (Lipinski definition) is 8. The normalized spacial score (nSPS) is 10.8. The maximum absolute atomic E-state index is 12.8. The van der Waals surface area contributed by atoms with Crippen LogP contribution >= 0.6 is 0 Å². The van der Waals surface area contributed by atoms with Gasteiger partial charge < -0.3 is 19.2 Å². The van der Waals surface area contributed by atoms with Crippen molar-refractivity contribution in [1.29, 1.82) is 0 Å². The number of methoxy groups -OCH3 is 2. The second-order valence-electron chi connectivity index (χ2n) is 7.40. The molecule has 0 unspecified atom stereocenters. The molecule has 0 atom stereocenters. The third kappa shape index (κ3) is 4.87. The predicted octanol–water partition coefficient (Wildman–Crippen LogP) is 3.97. The largest absolute Gasteiger partial charge is 0.493 e. The minimum Gasteiger partial charge on any atom is -0.493 e. The average Bonchev–Trinajstić information content (AvgIpc) is 3.20.